The standard InChI is InChI=1S/C5H12.C3H8.C2H6O2S.C2H6O.C2H6S.C2H6/c1-5(2,3)4;1-3-2;1-5(2,3)4;2*1-3-2;1-2/h1-4H3;3H2,1-2H3;1-2H3;2*1-2H3;1-2H3. The molecule has 0 N–H and O–H groups in total. The van der Waals surface area contributed by atoms with E-state index in [1.807, 2.05) is 26.4 Å². The van der Waals surface area contributed by atoms with Gasteiger partial charge in [-0.2, -0.15) is 11.8 Å². The third-order valence-electron chi connectivity index (χ3n) is 0. The summed E-state index contributed by atoms with van der Waals surface area (Å²) < 4.78 is 23.5. The molecule has 0 aliphatic heterocycles. The fourth-order valence-corrected chi connectivity index (χ4v) is 0. The van der Waals surface area contributed by atoms with Gasteiger partial charge in [0.1, 0.15) is 9.84 Å². The van der Waals surface area contributed by atoms with Crippen LogP contribution in [-0.2, 0) is 14.6 Å². The third-order valence-corrected chi connectivity index (χ3v) is 0. The molecule has 138 valence electrons. The average Bonchev–Trinajstić information content (AvgIpc) is 2.18. The highest BCUT2D eigenvalue weighted by molar-refractivity contribution is 7.97. The Kier molecular flexibility index (Phi) is 57.6. The number of ether oxygens (including phenoxy) is 1. The van der Waals surface area contributed by atoms with Crippen LogP contribution in [0.25, 0.3) is 0 Å². The molecule has 0 heterocycles. The van der Waals surface area contributed by atoms with Gasteiger partial charge in [0.05, 0.1) is 0 Å². The van der Waals surface area contributed by atoms with E-state index in [-0.39, 0.29) is 0 Å². The Morgan fingerprint density at radius 2 is 0.905 bits per heavy atom. The molecular formula is C16H44O3S2. The first-order chi connectivity index (χ1) is 9.24. The van der Waals surface area contributed by atoms with Gasteiger partial charge < -0.3 is 4.74 Å². The Balaban J connectivity index is -0.0000000332. The molecule has 0 saturated carbocycles. The van der Waals surface area contributed by atoms with Crippen LogP contribution >= 0.6 is 11.8 Å². The zero-order valence-electron chi connectivity index (χ0n) is 17.2. The predicted octanol–water partition coefficient (Wildman–Crippen LogP) is 5.40. The summed E-state index contributed by atoms with van der Waals surface area (Å²) in [6.07, 6.45) is 7.65. The number of hydrogen-bond donors (Lipinski definition) is 0. The van der Waals surface area contributed by atoms with Crippen LogP contribution in [0.4, 0.5) is 0 Å². The molecule has 0 aromatic heterocycles. The van der Waals surface area contributed by atoms with Crippen molar-refractivity contribution in [2.45, 2.75) is 61.8 Å². The minimum Gasteiger partial charge on any atom is -0.388 e. The van der Waals surface area contributed by atoms with E-state index < -0.39 is 9.84 Å². The van der Waals surface area contributed by atoms with Crippen LogP contribution in [0.1, 0.15) is 61.8 Å². The monoisotopic (exact) mass is 348 g/mol. The summed E-state index contributed by atoms with van der Waals surface area (Å²) in [5.74, 6) is 0. The molecular weight excluding hydrogens is 304 g/mol. The van der Waals surface area contributed by atoms with Gasteiger partial charge in [-0.25, -0.2) is 8.42 Å². The molecule has 0 unspecified atom stereocenters. The van der Waals surface area contributed by atoms with Gasteiger partial charge >= 0.3 is 0 Å². The van der Waals surface area contributed by atoms with E-state index in [4.69, 9.17) is 0 Å². The van der Waals surface area contributed by atoms with Gasteiger partial charge in [0, 0.05) is 26.7 Å². The second kappa shape index (κ2) is 32.3. The molecule has 0 amide bonds. The van der Waals surface area contributed by atoms with Crippen molar-refractivity contribution in [3.05, 3.63) is 0 Å². The minimum atomic E-state index is -2.67. The van der Waals surface area contributed by atoms with Crippen LogP contribution in [0.15, 0.2) is 0 Å². The number of sulfone groups is 1. The van der Waals surface area contributed by atoms with Crippen LogP contribution < -0.4 is 0 Å². The van der Waals surface area contributed by atoms with Gasteiger partial charge in [-0.3, -0.25) is 0 Å². The Morgan fingerprint density at radius 3 is 0.905 bits per heavy atom. The maximum atomic E-state index is 9.63. The number of hydrogen-bond acceptors (Lipinski definition) is 4. The molecule has 0 saturated heterocycles. The van der Waals surface area contributed by atoms with Crippen molar-refractivity contribution in [1.82, 2.24) is 0 Å². The molecule has 21 heavy (non-hydrogen) atoms. The molecule has 5 heteroatoms. The lowest BCUT2D eigenvalue weighted by Gasteiger charge is -2.05. The van der Waals surface area contributed by atoms with Crippen LogP contribution in [-0.4, -0.2) is 47.7 Å². The van der Waals surface area contributed by atoms with E-state index in [1.54, 1.807) is 26.0 Å². The van der Waals surface area contributed by atoms with Crippen molar-refractivity contribution in [3.8, 4) is 0 Å². The van der Waals surface area contributed by atoms with E-state index in [9.17, 15) is 8.42 Å². The third kappa shape index (κ3) is 99900. The predicted molar refractivity (Wildman–Crippen MR) is 106 cm³/mol. The SMILES string of the molecule is CC.CC(C)(C)C.CCC.COC.CS(C)(=O)=O.CSC. The largest absolute Gasteiger partial charge is 0.388 e. The quantitative estimate of drug-likeness (QED) is 0.588. The smallest absolute Gasteiger partial charge is 0.144 e. The van der Waals surface area contributed by atoms with Crippen molar-refractivity contribution in [2.24, 2.45) is 5.41 Å². The molecule has 0 bridgehead atoms. The summed E-state index contributed by atoms with van der Waals surface area (Å²) >= 11 is 1.75. The van der Waals surface area contributed by atoms with Crippen LogP contribution in [0, 0.1) is 5.41 Å². The highest BCUT2D eigenvalue weighted by atomic mass is 32.2. The van der Waals surface area contributed by atoms with E-state index in [0.29, 0.717) is 5.41 Å². The second-order valence-corrected chi connectivity index (χ2v) is 8.77. The van der Waals surface area contributed by atoms with Crippen molar-refractivity contribution in [2.75, 3.05) is 39.2 Å². The zero-order valence-corrected chi connectivity index (χ0v) is 18.9. The molecule has 0 aliphatic carbocycles. The van der Waals surface area contributed by atoms with E-state index in [2.05, 4.69) is 46.3 Å². The van der Waals surface area contributed by atoms with Gasteiger partial charge in [0.15, 0.2) is 0 Å². The zero-order chi connectivity index (χ0) is 19.1. The minimum absolute atomic E-state index is 0.500. The molecule has 0 radical (unpaired) electrons. The lowest BCUT2D eigenvalue weighted by molar-refractivity contribution is 0.277. The number of rotatable bonds is 0. The Morgan fingerprint density at radius 1 is 0.905 bits per heavy atom. The molecule has 0 rings (SSSR count). The summed E-state index contributed by atoms with van der Waals surface area (Å²) in [5.41, 5.74) is 0.500. The summed E-state index contributed by atoms with van der Waals surface area (Å²) in [6, 6.07) is 0. The normalized spacial score (nSPS) is 8.48. The summed E-state index contributed by atoms with van der Waals surface area (Å²) in [7, 11) is 0.583. The molecule has 0 aromatic carbocycles. The fourth-order valence-electron chi connectivity index (χ4n) is 0. The van der Waals surface area contributed by atoms with E-state index in [1.165, 1.54) is 6.42 Å². The van der Waals surface area contributed by atoms with Gasteiger partial charge in [0.2, 0.25) is 0 Å². The number of thioether (sulfide) groups is 1. The maximum absolute atomic E-state index is 9.63. The van der Waals surface area contributed by atoms with Crippen molar-refractivity contribution in [1.29, 1.82) is 0 Å². The van der Waals surface area contributed by atoms with Crippen LogP contribution in [0.2, 0.25) is 0 Å². The number of methoxy groups -OCH3 is 1. The van der Waals surface area contributed by atoms with Gasteiger partial charge in [0.25, 0.3) is 0 Å². The van der Waals surface area contributed by atoms with Crippen molar-refractivity contribution in [3.63, 3.8) is 0 Å². The Hall–Kier alpha value is 0.260. The first kappa shape index (κ1) is 37.5. The first-order valence-corrected chi connectivity index (χ1v) is 11.1. The fraction of sp³-hybridized carbons (Fsp3) is 1.00. The molecule has 0 fully saturated rings. The summed E-state index contributed by atoms with van der Waals surface area (Å²) in [5, 5.41) is 0. The second-order valence-electron chi connectivity index (χ2n) is 5.67. The lowest BCUT2D eigenvalue weighted by Crippen LogP contribution is -1.93. The molecule has 0 atom stereocenters. The van der Waals surface area contributed by atoms with E-state index >= 15 is 0 Å². The molecule has 0 aliphatic rings. The molecule has 0 aromatic rings. The maximum Gasteiger partial charge on any atom is 0.144 e. The lowest BCUT2D eigenvalue weighted by atomic mass is 10.0. The first-order valence-electron chi connectivity index (χ1n) is 7.20. The molecule has 0 spiro atoms. The van der Waals surface area contributed by atoms with Gasteiger partial charge in [-0.1, -0.05) is 61.8 Å². The van der Waals surface area contributed by atoms with Gasteiger partial charge in [-0.05, 0) is 17.9 Å². The summed E-state index contributed by atoms with van der Waals surface area (Å²) in [4.78, 5) is 0. The van der Waals surface area contributed by atoms with E-state index in [0.717, 1.165) is 12.5 Å². The van der Waals surface area contributed by atoms with Gasteiger partial charge in [-0.15, -0.1) is 0 Å². The highest BCUT2D eigenvalue weighted by Crippen LogP contribution is 2.08. The average molecular weight is 349 g/mol. The highest BCUT2D eigenvalue weighted by Gasteiger charge is 1.95. The Bertz CT molecular complexity index is 187. The van der Waals surface area contributed by atoms with Crippen molar-refractivity contribution >= 4 is 21.6 Å². The topological polar surface area (TPSA) is 43.4 Å². The molecule has 3 nitrogen and oxygen atoms in total. The van der Waals surface area contributed by atoms with Crippen LogP contribution in [0.3, 0.4) is 0 Å². The van der Waals surface area contributed by atoms with Crippen molar-refractivity contribution < 1.29 is 13.2 Å². The Labute approximate surface area is 141 Å². The van der Waals surface area contributed by atoms with Crippen LogP contribution in [0.5, 0.6) is 0 Å². The summed E-state index contributed by atoms with van der Waals surface area (Å²) in [6.45, 7) is 17.0.